The zero-order valence-electron chi connectivity index (χ0n) is 14.0. The van der Waals surface area contributed by atoms with Crippen molar-refractivity contribution in [1.29, 1.82) is 0 Å². The second kappa shape index (κ2) is 7.68. The predicted molar refractivity (Wildman–Crippen MR) is 90.5 cm³/mol. The first-order valence-corrected chi connectivity index (χ1v) is 8.63. The van der Waals surface area contributed by atoms with Crippen LogP contribution in [0.4, 0.5) is 13.6 Å². The van der Waals surface area contributed by atoms with Crippen LogP contribution in [-0.4, -0.2) is 36.3 Å². The molecule has 1 amide bonds. The van der Waals surface area contributed by atoms with Gasteiger partial charge >= 0.3 is 6.09 Å². The first-order valence-electron chi connectivity index (χ1n) is 7.84. The SMILES string of the molecule is CC(C)(C)OC(=O)N1CCC(COc2ccc(C(F)F)cc2Br)C1. The summed E-state index contributed by atoms with van der Waals surface area (Å²) < 4.78 is 36.8. The van der Waals surface area contributed by atoms with Gasteiger partial charge in [-0.3, -0.25) is 0 Å². The zero-order chi connectivity index (χ0) is 17.9. The molecule has 24 heavy (non-hydrogen) atoms. The maximum absolute atomic E-state index is 12.6. The van der Waals surface area contributed by atoms with Gasteiger partial charge in [0.25, 0.3) is 6.43 Å². The highest BCUT2D eigenvalue weighted by atomic mass is 79.9. The van der Waals surface area contributed by atoms with Crippen molar-refractivity contribution in [2.24, 2.45) is 5.92 Å². The quantitative estimate of drug-likeness (QED) is 0.705. The summed E-state index contributed by atoms with van der Waals surface area (Å²) in [5, 5.41) is 0. The molecule has 7 heteroatoms. The fourth-order valence-electron chi connectivity index (χ4n) is 2.44. The van der Waals surface area contributed by atoms with Crippen molar-refractivity contribution in [3.63, 3.8) is 0 Å². The van der Waals surface area contributed by atoms with E-state index in [1.54, 1.807) is 4.90 Å². The van der Waals surface area contributed by atoms with Gasteiger partial charge < -0.3 is 14.4 Å². The Kier molecular flexibility index (Phi) is 6.06. The number of halogens is 3. The Morgan fingerprint density at radius 3 is 2.71 bits per heavy atom. The summed E-state index contributed by atoms with van der Waals surface area (Å²) in [5.41, 5.74) is -0.561. The Hall–Kier alpha value is -1.37. The van der Waals surface area contributed by atoms with Crippen LogP contribution in [0.5, 0.6) is 5.75 Å². The highest BCUT2D eigenvalue weighted by molar-refractivity contribution is 9.10. The molecule has 0 spiro atoms. The van der Waals surface area contributed by atoms with Gasteiger partial charge in [0.2, 0.25) is 0 Å². The molecular formula is C17H22BrF2NO3. The van der Waals surface area contributed by atoms with Crippen LogP contribution in [0.1, 0.15) is 39.2 Å². The van der Waals surface area contributed by atoms with E-state index in [0.29, 0.717) is 29.9 Å². The Balaban J connectivity index is 1.85. The van der Waals surface area contributed by atoms with Crippen LogP contribution in [0.15, 0.2) is 22.7 Å². The van der Waals surface area contributed by atoms with Crippen molar-refractivity contribution in [2.45, 2.75) is 39.2 Å². The summed E-state index contributed by atoms with van der Waals surface area (Å²) in [6, 6.07) is 4.25. The molecule has 1 unspecified atom stereocenters. The predicted octanol–water partition coefficient (Wildman–Crippen LogP) is 5.02. The van der Waals surface area contributed by atoms with Gasteiger partial charge in [-0.25, -0.2) is 13.6 Å². The molecule has 0 radical (unpaired) electrons. The maximum atomic E-state index is 12.6. The number of ether oxygens (including phenoxy) is 2. The molecule has 1 aliphatic rings. The van der Waals surface area contributed by atoms with Crippen molar-refractivity contribution in [3.05, 3.63) is 28.2 Å². The third kappa shape index (κ3) is 5.33. The summed E-state index contributed by atoms with van der Waals surface area (Å²) in [6.45, 7) is 7.13. The number of hydrogen-bond acceptors (Lipinski definition) is 3. The second-order valence-corrected chi connectivity index (χ2v) is 7.74. The number of carbonyl (C=O) groups is 1. The van der Waals surface area contributed by atoms with E-state index in [1.807, 2.05) is 20.8 Å². The molecule has 0 saturated carbocycles. The van der Waals surface area contributed by atoms with Crippen LogP contribution in [0.25, 0.3) is 0 Å². The Labute approximate surface area is 149 Å². The Morgan fingerprint density at radius 2 is 2.12 bits per heavy atom. The van der Waals surface area contributed by atoms with Crippen LogP contribution in [0, 0.1) is 5.92 Å². The molecule has 1 aromatic carbocycles. The van der Waals surface area contributed by atoms with Gasteiger partial charge in [-0.1, -0.05) is 0 Å². The number of amides is 1. The van der Waals surface area contributed by atoms with Crippen molar-refractivity contribution in [2.75, 3.05) is 19.7 Å². The van der Waals surface area contributed by atoms with Crippen LogP contribution >= 0.6 is 15.9 Å². The molecule has 1 atom stereocenters. The topological polar surface area (TPSA) is 38.8 Å². The van der Waals surface area contributed by atoms with E-state index in [1.165, 1.54) is 18.2 Å². The highest BCUT2D eigenvalue weighted by Gasteiger charge is 2.30. The fourth-order valence-corrected chi connectivity index (χ4v) is 2.95. The molecule has 134 valence electrons. The average Bonchev–Trinajstić information content (AvgIpc) is 2.93. The van der Waals surface area contributed by atoms with Gasteiger partial charge in [-0.2, -0.15) is 0 Å². The lowest BCUT2D eigenvalue weighted by Gasteiger charge is -2.24. The lowest BCUT2D eigenvalue weighted by atomic mass is 10.1. The van der Waals surface area contributed by atoms with Gasteiger partial charge in [0.15, 0.2) is 0 Å². The van der Waals surface area contributed by atoms with E-state index >= 15 is 0 Å². The van der Waals surface area contributed by atoms with Crippen molar-refractivity contribution in [1.82, 2.24) is 4.90 Å². The largest absolute Gasteiger partial charge is 0.492 e. The third-order valence-electron chi connectivity index (χ3n) is 3.62. The molecule has 1 heterocycles. The van der Waals surface area contributed by atoms with E-state index in [4.69, 9.17) is 9.47 Å². The molecule has 0 N–H and O–H groups in total. The first-order chi connectivity index (χ1) is 11.2. The fraction of sp³-hybridized carbons (Fsp3) is 0.588. The van der Waals surface area contributed by atoms with Crippen LogP contribution < -0.4 is 4.74 Å². The second-order valence-electron chi connectivity index (χ2n) is 6.88. The Morgan fingerprint density at radius 1 is 1.42 bits per heavy atom. The van der Waals surface area contributed by atoms with E-state index in [0.717, 1.165) is 6.42 Å². The molecular weight excluding hydrogens is 384 g/mol. The van der Waals surface area contributed by atoms with E-state index in [9.17, 15) is 13.6 Å². The number of nitrogens with zero attached hydrogens (tertiary/aromatic N) is 1. The average molecular weight is 406 g/mol. The molecule has 1 aliphatic heterocycles. The molecule has 0 aliphatic carbocycles. The molecule has 1 saturated heterocycles. The number of alkyl halides is 2. The van der Waals surface area contributed by atoms with Crippen LogP contribution in [0.3, 0.4) is 0 Å². The van der Waals surface area contributed by atoms with E-state index in [-0.39, 0.29) is 17.6 Å². The Bertz CT molecular complexity index is 590. The van der Waals surface area contributed by atoms with Gasteiger partial charge in [0.05, 0.1) is 11.1 Å². The lowest BCUT2D eigenvalue weighted by molar-refractivity contribution is 0.0284. The smallest absolute Gasteiger partial charge is 0.410 e. The number of likely N-dealkylation sites (tertiary alicyclic amines) is 1. The number of hydrogen-bond donors (Lipinski definition) is 0. The van der Waals surface area contributed by atoms with Crippen molar-refractivity contribution < 1.29 is 23.0 Å². The minimum atomic E-state index is -2.51. The first kappa shape index (κ1) is 19.0. The van der Waals surface area contributed by atoms with E-state index < -0.39 is 12.0 Å². The van der Waals surface area contributed by atoms with Gasteiger partial charge in [-0.15, -0.1) is 0 Å². The molecule has 0 aromatic heterocycles. The van der Waals surface area contributed by atoms with Crippen molar-refractivity contribution >= 4 is 22.0 Å². The summed E-state index contributed by atoms with van der Waals surface area (Å²) in [4.78, 5) is 13.7. The summed E-state index contributed by atoms with van der Waals surface area (Å²) in [5.74, 6) is 0.717. The van der Waals surface area contributed by atoms with Crippen LogP contribution in [-0.2, 0) is 4.74 Å². The summed E-state index contributed by atoms with van der Waals surface area (Å²) in [7, 11) is 0. The molecule has 4 nitrogen and oxygen atoms in total. The minimum absolute atomic E-state index is 0.0498. The summed E-state index contributed by atoms with van der Waals surface area (Å²) in [6.07, 6.45) is -1.99. The standard InChI is InChI=1S/C17H22BrF2NO3/c1-17(2,3)24-16(22)21-7-6-11(9-21)10-23-14-5-4-12(15(19)20)8-13(14)18/h4-5,8,11,15H,6-7,9-10H2,1-3H3. The van der Waals surface area contributed by atoms with Crippen LogP contribution in [0.2, 0.25) is 0 Å². The number of rotatable bonds is 4. The zero-order valence-corrected chi connectivity index (χ0v) is 15.6. The monoisotopic (exact) mass is 405 g/mol. The van der Waals surface area contributed by atoms with E-state index in [2.05, 4.69) is 15.9 Å². The molecule has 2 rings (SSSR count). The van der Waals surface area contributed by atoms with Crippen molar-refractivity contribution in [3.8, 4) is 5.75 Å². The van der Waals surface area contributed by atoms with Gasteiger partial charge in [0, 0.05) is 24.6 Å². The van der Waals surface area contributed by atoms with Gasteiger partial charge in [0.1, 0.15) is 11.4 Å². The minimum Gasteiger partial charge on any atom is -0.492 e. The molecule has 1 aromatic rings. The highest BCUT2D eigenvalue weighted by Crippen LogP contribution is 2.31. The third-order valence-corrected chi connectivity index (χ3v) is 4.24. The molecule has 1 fully saturated rings. The van der Waals surface area contributed by atoms with Gasteiger partial charge in [-0.05, 0) is 61.3 Å². The number of carbonyl (C=O) groups excluding carboxylic acids is 1. The molecule has 0 bridgehead atoms. The maximum Gasteiger partial charge on any atom is 0.410 e. The number of benzene rings is 1. The summed E-state index contributed by atoms with van der Waals surface area (Å²) >= 11 is 3.25. The normalized spacial score (nSPS) is 18.1. The lowest BCUT2D eigenvalue weighted by Crippen LogP contribution is -2.35.